The summed E-state index contributed by atoms with van der Waals surface area (Å²) in [6.07, 6.45) is 5.64. The van der Waals surface area contributed by atoms with Crippen molar-refractivity contribution in [3.8, 4) is 0 Å². The summed E-state index contributed by atoms with van der Waals surface area (Å²) in [6.45, 7) is 0.897. The molecule has 0 saturated heterocycles. The number of aromatic amines is 2. The summed E-state index contributed by atoms with van der Waals surface area (Å²) in [6, 6.07) is 5.30. The Bertz CT molecular complexity index is 551. The van der Waals surface area contributed by atoms with Crippen LogP contribution in [0.1, 0.15) is 12.1 Å². The Labute approximate surface area is 91.7 Å². The molecule has 0 amide bonds. The third-order valence-corrected chi connectivity index (χ3v) is 2.39. The van der Waals surface area contributed by atoms with Gasteiger partial charge in [-0.2, -0.15) is 0 Å². The molecular formula is C11H13N3O2. The van der Waals surface area contributed by atoms with E-state index in [9.17, 15) is 9.59 Å². The SMILES string of the molecule is O=c1cc(CCCn2cccc2)[nH][nH]c1=O. The van der Waals surface area contributed by atoms with E-state index in [0.29, 0.717) is 0 Å². The van der Waals surface area contributed by atoms with Gasteiger partial charge >= 0.3 is 5.56 Å². The lowest BCUT2D eigenvalue weighted by Crippen LogP contribution is -2.27. The standard InChI is InChI=1S/C11H13N3O2/c15-10-8-9(12-13-11(10)16)4-3-7-14-5-1-2-6-14/h1-2,5-6,8H,3-4,7H2,(H,12,15)(H,13,16). The molecule has 2 aromatic heterocycles. The highest BCUT2D eigenvalue weighted by atomic mass is 16.2. The lowest BCUT2D eigenvalue weighted by atomic mass is 10.2. The van der Waals surface area contributed by atoms with Gasteiger partial charge in [0.1, 0.15) is 0 Å². The molecule has 84 valence electrons. The molecule has 0 unspecified atom stereocenters. The molecule has 0 spiro atoms. The molecule has 0 fully saturated rings. The fourth-order valence-corrected chi connectivity index (χ4v) is 1.56. The second-order valence-corrected chi connectivity index (χ2v) is 3.64. The maximum absolute atomic E-state index is 11.1. The highest BCUT2D eigenvalue weighted by molar-refractivity contribution is 5.00. The van der Waals surface area contributed by atoms with Crippen molar-refractivity contribution < 1.29 is 0 Å². The van der Waals surface area contributed by atoms with Crippen LogP contribution >= 0.6 is 0 Å². The van der Waals surface area contributed by atoms with Gasteiger partial charge in [-0.1, -0.05) is 0 Å². The van der Waals surface area contributed by atoms with Crippen molar-refractivity contribution in [1.82, 2.24) is 14.8 Å². The number of hydrogen-bond acceptors (Lipinski definition) is 2. The first-order valence-electron chi connectivity index (χ1n) is 5.17. The molecule has 0 aromatic carbocycles. The largest absolute Gasteiger partial charge is 0.354 e. The van der Waals surface area contributed by atoms with Gasteiger partial charge in [0.15, 0.2) is 0 Å². The normalized spacial score (nSPS) is 10.5. The molecule has 0 radical (unpaired) electrons. The van der Waals surface area contributed by atoms with E-state index in [-0.39, 0.29) is 0 Å². The van der Waals surface area contributed by atoms with E-state index in [0.717, 1.165) is 25.1 Å². The van der Waals surface area contributed by atoms with Gasteiger partial charge in [-0.15, -0.1) is 0 Å². The Morgan fingerprint density at radius 3 is 2.56 bits per heavy atom. The van der Waals surface area contributed by atoms with Gasteiger partial charge in [0.05, 0.1) is 0 Å². The third kappa shape index (κ3) is 2.50. The quantitative estimate of drug-likeness (QED) is 0.735. The number of aryl methyl sites for hydroxylation is 2. The molecule has 5 nitrogen and oxygen atoms in total. The van der Waals surface area contributed by atoms with E-state index < -0.39 is 11.0 Å². The van der Waals surface area contributed by atoms with Crippen molar-refractivity contribution in [2.24, 2.45) is 0 Å². The molecule has 5 heteroatoms. The number of nitrogens with zero attached hydrogens (tertiary/aromatic N) is 1. The molecule has 16 heavy (non-hydrogen) atoms. The second-order valence-electron chi connectivity index (χ2n) is 3.64. The Morgan fingerprint density at radius 2 is 1.88 bits per heavy atom. The van der Waals surface area contributed by atoms with E-state index in [1.165, 1.54) is 6.07 Å². The molecule has 0 aliphatic rings. The highest BCUT2D eigenvalue weighted by Crippen LogP contribution is 1.98. The molecule has 2 N–H and O–H groups in total. The van der Waals surface area contributed by atoms with Crippen LogP contribution in [0.4, 0.5) is 0 Å². The van der Waals surface area contributed by atoms with Gasteiger partial charge in [0, 0.05) is 30.7 Å². The summed E-state index contributed by atoms with van der Waals surface area (Å²) < 4.78 is 2.07. The van der Waals surface area contributed by atoms with Crippen molar-refractivity contribution in [3.63, 3.8) is 0 Å². The average Bonchev–Trinajstić information content (AvgIpc) is 2.76. The lowest BCUT2D eigenvalue weighted by molar-refractivity contribution is 0.634. The predicted molar refractivity (Wildman–Crippen MR) is 60.4 cm³/mol. The lowest BCUT2D eigenvalue weighted by Gasteiger charge is -2.02. The maximum atomic E-state index is 11.1. The van der Waals surface area contributed by atoms with Crippen molar-refractivity contribution in [1.29, 1.82) is 0 Å². The van der Waals surface area contributed by atoms with Crippen molar-refractivity contribution in [2.45, 2.75) is 19.4 Å². The number of rotatable bonds is 4. The van der Waals surface area contributed by atoms with Crippen LogP contribution in [0.15, 0.2) is 40.2 Å². The fourth-order valence-electron chi connectivity index (χ4n) is 1.56. The smallest absolute Gasteiger partial charge is 0.310 e. The monoisotopic (exact) mass is 219 g/mol. The van der Waals surface area contributed by atoms with E-state index in [1.54, 1.807) is 0 Å². The third-order valence-electron chi connectivity index (χ3n) is 2.39. The zero-order chi connectivity index (χ0) is 11.4. The Kier molecular flexibility index (Phi) is 3.05. The first-order valence-corrected chi connectivity index (χ1v) is 5.17. The topological polar surface area (TPSA) is 70.7 Å². The van der Waals surface area contributed by atoms with Crippen LogP contribution < -0.4 is 11.0 Å². The summed E-state index contributed by atoms with van der Waals surface area (Å²) in [4.78, 5) is 21.9. The van der Waals surface area contributed by atoms with Crippen LogP contribution in [-0.2, 0) is 13.0 Å². The summed E-state index contributed by atoms with van der Waals surface area (Å²) in [5.41, 5.74) is -0.333. The van der Waals surface area contributed by atoms with E-state index in [1.807, 2.05) is 24.5 Å². The molecule has 0 atom stereocenters. The number of H-pyrrole nitrogens is 2. The molecule has 0 aliphatic heterocycles. The van der Waals surface area contributed by atoms with Crippen LogP contribution in [0, 0.1) is 0 Å². The summed E-state index contributed by atoms with van der Waals surface area (Å²) in [5.74, 6) is 0. The Hall–Kier alpha value is -2.04. The second kappa shape index (κ2) is 4.65. The van der Waals surface area contributed by atoms with Crippen LogP contribution in [0.5, 0.6) is 0 Å². The Morgan fingerprint density at radius 1 is 1.12 bits per heavy atom. The van der Waals surface area contributed by atoms with E-state index >= 15 is 0 Å². The first-order chi connectivity index (χ1) is 7.75. The zero-order valence-corrected chi connectivity index (χ0v) is 8.77. The first kappa shape index (κ1) is 10.5. The highest BCUT2D eigenvalue weighted by Gasteiger charge is 1.98. The zero-order valence-electron chi connectivity index (χ0n) is 8.77. The number of hydrogen-bond donors (Lipinski definition) is 2. The predicted octanol–water partition coefficient (Wildman–Crippen LogP) is 0.497. The maximum Gasteiger partial charge on any atom is 0.310 e. The molecule has 0 aliphatic carbocycles. The Balaban J connectivity index is 1.92. The number of aromatic nitrogens is 3. The minimum absolute atomic E-state index is 0.491. The van der Waals surface area contributed by atoms with Crippen LogP contribution in [-0.4, -0.2) is 14.8 Å². The van der Waals surface area contributed by atoms with Crippen LogP contribution in [0.3, 0.4) is 0 Å². The van der Waals surface area contributed by atoms with Gasteiger partial charge in [-0.3, -0.25) is 14.7 Å². The molecule has 2 heterocycles. The summed E-state index contributed by atoms with van der Waals surface area (Å²) >= 11 is 0. The number of nitrogens with one attached hydrogen (secondary N) is 2. The summed E-state index contributed by atoms with van der Waals surface area (Å²) in [7, 11) is 0. The van der Waals surface area contributed by atoms with Crippen molar-refractivity contribution in [3.05, 3.63) is 56.9 Å². The molecular weight excluding hydrogens is 206 g/mol. The minimum Gasteiger partial charge on any atom is -0.354 e. The van der Waals surface area contributed by atoms with E-state index in [2.05, 4.69) is 14.8 Å². The van der Waals surface area contributed by atoms with Crippen LogP contribution in [0.25, 0.3) is 0 Å². The minimum atomic E-state index is -0.603. The van der Waals surface area contributed by atoms with Gasteiger partial charge in [-0.25, -0.2) is 0 Å². The average molecular weight is 219 g/mol. The van der Waals surface area contributed by atoms with Gasteiger partial charge in [0.2, 0.25) is 5.43 Å². The summed E-state index contributed by atoms with van der Waals surface area (Å²) in [5, 5.41) is 5.02. The molecule has 2 aromatic rings. The van der Waals surface area contributed by atoms with Gasteiger partial charge in [-0.05, 0) is 25.0 Å². The van der Waals surface area contributed by atoms with Crippen molar-refractivity contribution >= 4 is 0 Å². The molecule has 0 bridgehead atoms. The fraction of sp³-hybridized carbons (Fsp3) is 0.273. The molecule has 2 rings (SSSR count). The van der Waals surface area contributed by atoms with Crippen LogP contribution in [0.2, 0.25) is 0 Å². The van der Waals surface area contributed by atoms with E-state index in [4.69, 9.17) is 0 Å². The van der Waals surface area contributed by atoms with Gasteiger partial charge in [0.25, 0.3) is 0 Å². The molecule has 0 saturated carbocycles. The van der Waals surface area contributed by atoms with Gasteiger partial charge < -0.3 is 9.67 Å². The van der Waals surface area contributed by atoms with Crippen molar-refractivity contribution in [2.75, 3.05) is 0 Å².